The van der Waals surface area contributed by atoms with E-state index in [4.69, 9.17) is 15.9 Å². The molecule has 1 aliphatic heterocycles. The van der Waals surface area contributed by atoms with E-state index in [1.54, 1.807) is 0 Å². The van der Waals surface area contributed by atoms with E-state index in [0.717, 1.165) is 0 Å². The molecule has 0 aromatic rings. The van der Waals surface area contributed by atoms with Crippen molar-refractivity contribution in [1.29, 1.82) is 0 Å². The average molecular weight is 231 g/mol. The molecular weight excluding hydrogens is 210 g/mol. The first kappa shape index (κ1) is 13.2. The second-order valence-corrected chi connectivity index (χ2v) is 5.31. The SMILES string of the molecule is CC(C)(C)NC(=O)N1CC(N)CC1C(O)O. The van der Waals surface area contributed by atoms with Crippen LogP contribution in [0.15, 0.2) is 0 Å². The highest BCUT2D eigenvalue weighted by molar-refractivity contribution is 5.75. The van der Waals surface area contributed by atoms with Crippen molar-refractivity contribution in [2.24, 2.45) is 5.73 Å². The quantitative estimate of drug-likeness (QED) is 0.444. The van der Waals surface area contributed by atoms with Gasteiger partial charge in [-0.3, -0.25) is 0 Å². The number of hydrogen-bond acceptors (Lipinski definition) is 4. The molecule has 0 saturated carbocycles. The maximum atomic E-state index is 11.9. The van der Waals surface area contributed by atoms with Crippen LogP contribution in [0.4, 0.5) is 4.79 Å². The molecule has 94 valence electrons. The van der Waals surface area contributed by atoms with Crippen molar-refractivity contribution in [2.45, 2.75) is 51.1 Å². The minimum atomic E-state index is -1.54. The van der Waals surface area contributed by atoms with Gasteiger partial charge in [-0.2, -0.15) is 0 Å². The van der Waals surface area contributed by atoms with E-state index in [2.05, 4.69) is 5.32 Å². The molecule has 1 saturated heterocycles. The van der Waals surface area contributed by atoms with Gasteiger partial charge in [0.25, 0.3) is 0 Å². The average Bonchev–Trinajstić information content (AvgIpc) is 2.44. The number of hydrogen-bond donors (Lipinski definition) is 4. The van der Waals surface area contributed by atoms with Crippen LogP contribution < -0.4 is 11.1 Å². The summed E-state index contributed by atoms with van der Waals surface area (Å²) in [5, 5.41) is 21.1. The van der Waals surface area contributed by atoms with Crippen LogP contribution in [0, 0.1) is 0 Å². The largest absolute Gasteiger partial charge is 0.366 e. The highest BCUT2D eigenvalue weighted by Crippen LogP contribution is 2.19. The predicted octanol–water partition coefficient (Wildman–Crippen LogP) is -0.793. The molecule has 2 atom stereocenters. The normalized spacial score (nSPS) is 26.3. The standard InChI is InChI=1S/C10H21N3O3/c1-10(2,3)12-9(16)13-5-6(11)4-7(13)8(14)15/h6-8,14-15H,4-5,11H2,1-3H3,(H,12,16). The van der Waals surface area contributed by atoms with Crippen LogP contribution in [0.1, 0.15) is 27.2 Å². The Hall–Kier alpha value is -0.850. The highest BCUT2D eigenvalue weighted by Gasteiger charge is 2.38. The lowest BCUT2D eigenvalue weighted by molar-refractivity contribution is -0.0827. The van der Waals surface area contributed by atoms with E-state index < -0.39 is 12.3 Å². The molecule has 0 spiro atoms. The molecule has 1 heterocycles. The smallest absolute Gasteiger partial charge is 0.318 e. The number of carbonyl (C=O) groups is 1. The van der Waals surface area contributed by atoms with Crippen molar-refractivity contribution in [2.75, 3.05) is 6.54 Å². The third-order valence-electron chi connectivity index (χ3n) is 2.46. The molecule has 2 unspecified atom stereocenters. The zero-order valence-electron chi connectivity index (χ0n) is 9.97. The van der Waals surface area contributed by atoms with Crippen LogP contribution in [-0.2, 0) is 0 Å². The molecule has 6 heteroatoms. The van der Waals surface area contributed by atoms with Gasteiger partial charge in [-0.1, -0.05) is 0 Å². The number of nitrogens with one attached hydrogen (secondary N) is 1. The molecule has 0 aliphatic carbocycles. The first-order chi connectivity index (χ1) is 7.20. The fraction of sp³-hybridized carbons (Fsp3) is 0.900. The van der Waals surface area contributed by atoms with Crippen LogP contribution in [0.25, 0.3) is 0 Å². The molecule has 0 radical (unpaired) electrons. The lowest BCUT2D eigenvalue weighted by Gasteiger charge is -2.30. The number of nitrogens with zero attached hydrogens (tertiary/aromatic N) is 1. The summed E-state index contributed by atoms with van der Waals surface area (Å²) in [7, 11) is 0. The topological polar surface area (TPSA) is 98.8 Å². The number of likely N-dealkylation sites (tertiary alicyclic amines) is 1. The summed E-state index contributed by atoms with van der Waals surface area (Å²) in [4.78, 5) is 13.2. The van der Waals surface area contributed by atoms with Crippen molar-refractivity contribution in [3.8, 4) is 0 Å². The molecule has 0 bridgehead atoms. The fourth-order valence-electron chi connectivity index (χ4n) is 1.81. The number of carbonyl (C=O) groups excluding carboxylic acids is 1. The van der Waals surface area contributed by atoms with Crippen molar-refractivity contribution in [3.63, 3.8) is 0 Å². The van der Waals surface area contributed by atoms with Gasteiger partial charge >= 0.3 is 6.03 Å². The van der Waals surface area contributed by atoms with Gasteiger partial charge in [-0.05, 0) is 27.2 Å². The van der Waals surface area contributed by atoms with Gasteiger partial charge in [0.05, 0.1) is 6.04 Å². The van der Waals surface area contributed by atoms with Crippen LogP contribution in [0.5, 0.6) is 0 Å². The Kier molecular flexibility index (Phi) is 3.77. The Morgan fingerprint density at radius 1 is 1.50 bits per heavy atom. The maximum Gasteiger partial charge on any atom is 0.318 e. The second kappa shape index (κ2) is 4.57. The van der Waals surface area contributed by atoms with Gasteiger partial charge in [0.15, 0.2) is 6.29 Å². The van der Waals surface area contributed by atoms with Gasteiger partial charge < -0.3 is 26.2 Å². The van der Waals surface area contributed by atoms with Gasteiger partial charge in [-0.25, -0.2) is 4.79 Å². The van der Waals surface area contributed by atoms with Crippen LogP contribution in [-0.4, -0.2) is 51.6 Å². The third-order valence-corrected chi connectivity index (χ3v) is 2.46. The van der Waals surface area contributed by atoms with Crippen LogP contribution >= 0.6 is 0 Å². The van der Waals surface area contributed by atoms with E-state index in [1.165, 1.54) is 4.90 Å². The molecule has 6 nitrogen and oxygen atoms in total. The minimum Gasteiger partial charge on any atom is -0.366 e. The highest BCUT2D eigenvalue weighted by atomic mass is 16.5. The predicted molar refractivity (Wildman–Crippen MR) is 59.6 cm³/mol. The van der Waals surface area contributed by atoms with E-state index in [-0.39, 0.29) is 17.6 Å². The molecular formula is C10H21N3O3. The summed E-state index contributed by atoms with van der Waals surface area (Å²) in [6.07, 6.45) is -1.13. The summed E-state index contributed by atoms with van der Waals surface area (Å²) < 4.78 is 0. The van der Waals surface area contributed by atoms with Gasteiger partial charge in [-0.15, -0.1) is 0 Å². The Morgan fingerprint density at radius 3 is 2.50 bits per heavy atom. The molecule has 1 rings (SSSR count). The van der Waals surface area contributed by atoms with E-state index in [1.807, 2.05) is 20.8 Å². The zero-order valence-corrected chi connectivity index (χ0v) is 9.97. The molecule has 5 N–H and O–H groups in total. The number of nitrogens with two attached hydrogens (primary N) is 1. The number of amides is 2. The third kappa shape index (κ3) is 3.33. The number of aliphatic hydroxyl groups excluding tert-OH is 1. The molecule has 16 heavy (non-hydrogen) atoms. The molecule has 0 aromatic carbocycles. The second-order valence-electron chi connectivity index (χ2n) is 5.31. The lowest BCUT2D eigenvalue weighted by atomic mass is 10.1. The van der Waals surface area contributed by atoms with Crippen LogP contribution in [0.3, 0.4) is 0 Å². The summed E-state index contributed by atoms with van der Waals surface area (Å²) >= 11 is 0. The van der Waals surface area contributed by atoms with Crippen molar-refractivity contribution < 1.29 is 15.0 Å². The summed E-state index contributed by atoms with van der Waals surface area (Å²) in [6.45, 7) is 5.95. The number of aliphatic hydroxyl groups is 2. The Balaban J connectivity index is 2.67. The Bertz CT molecular complexity index is 263. The summed E-state index contributed by atoms with van der Waals surface area (Å²) in [5.74, 6) is 0. The monoisotopic (exact) mass is 231 g/mol. The zero-order chi connectivity index (χ0) is 12.5. The molecule has 1 fully saturated rings. The van der Waals surface area contributed by atoms with Crippen molar-refractivity contribution in [1.82, 2.24) is 10.2 Å². The van der Waals surface area contributed by atoms with Crippen LogP contribution in [0.2, 0.25) is 0 Å². The Labute approximate surface area is 95.4 Å². The fourth-order valence-corrected chi connectivity index (χ4v) is 1.81. The number of urea groups is 1. The molecule has 0 aromatic heterocycles. The number of rotatable bonds is 1. The van der Waals surface area contributed by atoms with E-state index in [0.29, 0.717) is 13.0 Å². The van der Waals surface area contributed by atoms with E-state index in [9.17, 15) is 4.79 Å². The summed E-state index contributed by atoms with van der Waals surface area (Å²) in [5.41, 5.74) is 5.36. The van der Waals surface area contributed by atoms with Gasteiger partial charge in [0.2, 0.25) is 0 Å². The van der Waals surface area contributed by atoms with E-state index >= 15 is 0 Å². The van der Waals surface area contributed by atoms with Gasteiger partial charge in [0, 0.05) is 18.1 Å². The lowest BCUT2D eigenvalue weighted by Crippen LogP contribution is -2.52. The van der Waals surface area contributed by atoms with Crippen molar-refractivity contribution in [3.05, 3.63) is 0 Å². The minimum absolute atomic E-state index is 0.197. The maximum absolute atomic E-state index is 11.9. The van der Waals surface area contributed by atoms with Crippen molar-refractivity contribution >= 4 is 6.03 Å². The molecule has 1 aliphatic rings. The van der Waals surface area contributed by atoms with Gasteiger partial charge in [0.1, 0.15) is 0 Å². The summed E-state index contributed by atoms with van der Waals surface area (Å²) in [6, 6.07) is -1.12. The first-order valence-corrected chi connectivity index (χ1v) is 5.41. The molecule has 2 amide bonds. The Morgan fingerprint density at radius 2 is 2.06 bits per heavy atom. The first-order valence-electron chi connectivity index (χ1n) is 5.41.